The van der Waals surface area contributed by atoms with Crippen LogP contribution in [0.25, 0.3) is 0 Å². The molecular formula is C13H17ClN2O3. The van der Waals surface area contributed by atoms with Crippen LogP contribution >= 0.6 is 11.6 Å². The standard InChI is InChI=1S/C13H17ClN2O3/c14-11-4-3-10(12(7-11)16(18)19)8-15-13(9-17)5-1-2-6-13/h3-4,7,15,17H,1-2,5-6,8-9H2. The molecule has 2 N–H and O–H groups in total. The molecule has 1 aromatic rings. The van der Waals surface area contributed by atoms with Gasteiger partial charge in [0.1, 0.15) is 0 Å². The van der Waals surface area contributed by atoms with Gasteiger partial charge < -0.3 is 10.4 Å². The second-order valence-corrected chi connectivity index (χ2v) is 5.47. The Balaban J connectivity index is 2.13. The quantitative estimate of drug-likeness (QED) is 0.644. The number of nitro benzene ring substituents is 1. The summed E-state index contributed by atoms with van der Waals surface area (Å²) in [4.78, 5) is 10.6. The third-order valence-electron chi connectivity index (χ3n) is 3.76. The van der Waals surface area contributed by atoms with Gasteiger partial charge in [-0.1, -0.05) is 24.4 Å². The minimum atomic E-state index is -0.427. The van der Waals surface area contributed by atoms with E-state index in [2.05, 4.69) is 5.32 Å². The minimum Gasteiger partial charge on any atom is -0.394 e. The van der Waals surface area contributed by atoms with Crippen molar-refractivity contribution in [3.63, 3.8) is 0 Å². The van der Waals surface area contributed by atoms with Crippen LogP contribution in [0.15, 0.2) is 18.2 Å². The lowest BCUT2D eigenvalue weighted by Crippen LogP contribution is -2.45. The van der Waals surface area contributed by atoms with Crippen molar-refractivity contribution in [1.29, 1.82) is 0 Å². The molecule has 0 spiro atoms. The monoisotopic (exact) mass is 284 g/mol. The fourth-order valence-electron chi connectivity index (χ4n) is 2.58. The molecule has 1 aliphatic carbocycles. The van der Waals surface area contributed by atoms with E-state index in [1.54, 1.807) is 12.1 Å². The van der Waals surface area contributed by atoms with E-state index in [0.29, 0.717) is 17.1 Å². The molecular weight excluding hydrogens is 268 g/mol. The van der Waals surface area contributed by atoms with Gasteiger partial charge in [0.2, 0.25) is 0 Å². The number of benzene rings is 1. The molecule has 0 unspecified atom stereocenters. The van der Waals surface area contributed by atoms with E-state index in [0.717, 1.165) is 25.7 Å². The Kier molecular flexibility index (Phi) is 4.39. The van der Waals surface area contributed by atoms with Crippen LogP contribution in [-0.2, 0) is 6.54 Å². The van der Waals surface area contributed by atoms with Crippen LogP contribution in [0.5, 0.6) is 0 Å². The van der Waals surface area contributed by atoms with Crippen molar-refractivity contribution in [1.82, 2.24) is 5.32 Å². The molecule has 0 atom stereocenters. The molecule has 0 amide bonds. The van der Waals surface area contributed by atoms with Gasteiger partial charge in [-0.25, -0.2) is 0 Å². The van der Waals surface area contributed by atoms with Crippen LogP contribution in [-0.4, -0.2) is 22.2 Å². The lowest BCUT2D eigenvalue weighted by atomic mass is 9.98. The fraction of sp³-hybridized carbons (Fsp3) is 0.538. The van der Waals surface area contributed by atoms with Crippen molar-refractivity contribution in [2.75, 3.05) is 6.61 Å². The number of aliphatic hydroxyl groups excluding tert-OH is 1. The summed E-state index contributed by atoms with van der Waals surface area (Å²) < 4.78 is 0. The van der Waals surface area contributed by atoms with Crippen LogP contribution in [0, 0.1) is 10.1 Å². The first-order chi connectivity index (χ1) is 9.06. The number of nitrogens with zero attached hydrogens (tertiary/aromatic N) is 1. The Morgan fingerprint density at radius 2 is 2.11 bits per heavy atom. The van der Waals surface area contributed by atoms with Gasteiger partial charge in [0.05, 0.1) is 11.5 Å². The smallest absolute Gasteiger partial charge is 0.275 e. The van der Waals surface area contributed by atoms with Gasteiger partial charge in [0.15, 0.2) is 0 Å². The summed E-state index contributed by atoms with van der Waals surface area (Å²) in [5, 5.41) is 24.1. The number of halogens is 1. The zero-order chi connectivity index (χ0) is 13.9. The molecule has 1 aliphatic rings. The molecule has 104 valence electrons. The predicted molar refractivity (Wildman–Crippen MR) is 73.2 cm³/mol. The van der Waals surface area contributed by atoms with Crippen molar-refractivity contribution in [2.24, 2.45) is 0 Å². The van der Waals surface area contributed by atoms with E-state index in [4.69, 9.17) is 11.6 Å². The summed E-state index contributed by atoms with van der Waals surface area (Å²) in [5.74, 6) is 0. The van der Waals surface area contributed by atoms with Crippen LogP contribution in [0.2, 0.25) is 5.02 Å². The predicted octanol–water partition coefficient (Wildman–Crippen LogP) is 2.64. The van der Waals surface area contributed by atoms with E-state index in [1.165, 1.54) is 6.07 Å². The zero-order valence-electron chi connectivity index (χ0n) is 10.6. The van der Waals surface area contributed by atoms with Crippen LogP contribution in [0.1, 0.15) is 31.2 Å². The summed E-state index contributed by atoms with van der Waals surface area (Å²) in [6, 6.07) is 4.66. The lowest BCUT2D eigenvalue weighted by Gasteiger charge is -2.28. The van der Waals surface area contributed by atoms with Crippen molar-refractivity contribution in [3.05, 3.63) is 38.9 Å². The van der Waals surface area contributed by atoms with E-state index < -0.39 is 4.92 Å². The Hall–Kier alpha value is -1.17. The summed E-state index contributed by atoms with van der Waals surface area (Å²) in [5.41, 5.74) is 0.327. The van der Waals surface area contributed by atoms with E-state index in [9.17, 15) is 15.2 Å². The van der Waals surface area contributed by atoms with Crippen LogP contribution in [0.4, 0.5) is 5.69 Å². The highest BCUT2D eigenvalue weighted by Crippen LogP contribution is 2.30. The molecule has 1 fully saturated rings. The molecule has 0 bridgehead atoms. The Morgan fingerprint density at radius 1 is 1.42 bits per heavy atom. The van der Waals surface area contributed by atoms with Gasteiger partial charge in [-0.2, -0.15) is 0 Å². The number of nitro groups is 1. The van der Waals surface area contributed by atoms with E-state index >= 15 is 0 Å². The van der Waals surface area contributed by atoms with Crippen molar-refractivity contribution in [2.45, 2.75) is 37.8 Å². The first kappa shape index (κ1) is 14.2. The first-order valence-electron chi connectivity index (χ1n) is 6.35. The molecule has 0 heterocycles. The normalized spacial score (nSPS) is 17.6. The average molecular weight is 285 g/mol. The Bertz CT molecular complexity index is 473. The van der Waals surface area contributed by atoms with E-state index in [-0.39, 0.29) is 17.8 Å². The summed E-state index contributed by atoms with van der Waals surface area (Å²) >= 11 is 5.78. The maximum Gasteiger partial charge on any atom is 0.275 e. The molecule has 0 radical (unpaired) electrons. The van der Waals surface area contributed by atoms with Gasteiger partial charge in [-0.3, -0.25) is 10.1 Å². The maximum absolute atomic E-state index is 11.0. The number of aliphatic hydroxyl groups is 1. The van der Waals surface area contributed by atoms with E-state index in [1.807, 2.05) is 0 Å². The van der Waals surface area contributed by atoms with Crippen molar-refractivity contribution < 1.29 is 10.0 Å². The highest BCUT2D eigenvalue weighted by atomic mass is 35.5. The van der Waals surface area contributed by atoms with Gasteiger partial charge in [-0.05, 0) is 25.0 Å². The van der Waals surface area contributed by atoms with Gasteiger partial charge in [-0.15, -0.1) is 0 Å². The average Bonchev–Trinajstić information content (AvgIpc) is 2.86. The number of hydrogen-bond donors (Lipinski definition) is 2. The molecule has 0 saturated heterocycles. The second-order valence-electron chi connectivity index (χ2n) is 5.03. The summed E-state index contributed by atoms with van der Waals surface area (Å²) in [6.07, 6.45) is 3.97. The third kappa shape index (κ3) is 3.23. The molecule has 5 nitrogen and oxygen atoms in total. The lowest BCUT2D eigenvalue weighted by molar-refractivity contribution is -0.385. The van der Waals surface area contributed by atoms with Crippen molar-refractivity contribution in [3.8, 4) is 0 Å². The fourth-order valence-corrected chi connectivity index (χ4v) is 2.75. The van der Waals surface area contributed by atoms with Gasteiger partial charge >= 0.3 is 0 Å². The Morgan fingerprint density at radius 3 is 2.68 bits per heavy atom. The molecule has 1 saturated carbocycles. The summed E-state index contributed by atoms with van der Waals surface area (Å²) in [6.45, 7) is 0.433. The minimum absolute atomic E-state index is 0.0195. The molecule has 19 heavy (non-hydrogen) atoms. The number of nitrogens with one attached hydrogen (secondary N) is 1. The molecule has 0 aliphatic heterocycles. The van der Waals surface area contributed by atoms with Gasteiger partial charge in [0, 0.05) is 28.7 Å². The van der Waals surface area contributed by atoms with Gasteiger partial charge in [0.25, 0.3) is 5.69 Å². The SMILES string of the molecule is O=[N+]([O-])c1cc(Cl)ccc1CNC1(CO)CCCC1. The Labute approximate surface area is 116 Å². The molecule has 0 aromatic heterocycles. The highest BCUT2D eigenvalue weighted by Gasteiger charge is 2.32. The molecule has 6 heteroatoms. The van der Waals surface area contributed by atoms with Crippen LogP contribution in [0.3, 0.4) is 0 Å². The maximum atomic E-state index is 11.0. The zero-order valence-corrected chi connectivity index (χ0v) is 11.3. The molecule has 1 aromatic carbocycles. The molecule has 2 rings (SSSR count). The van der Waals surface area contributed by atoms with Crippen molar-refractivity contribution >= 4 is 17.3 Å². The number of rotatable bonds is 5. The third-order valence-corrected chi connectivity index (χ3v) is 4.00. The highest BCUT2D eigenvalue weighted by molar-refractivity contribution is 6.30. The largest absolute Gasteiger partial charge is 0.394 e. The topological polar surface area (TPSA) is 75.4 Å². The first-order valence-corrected chi connectivity index (χ1v) is 6.73. The van der Waals surface area contributed by atoms with Crippen LogP contribution < -0.4 is 5.32 Å². The second kappa shape index (κ2) is 5.86. The number of hydrogen-bond acceptors (Lipinski definition) is 4. The summed E-state index contributed by atoms with van der Waals surface area (Å²) in [7, 11) is 0.